The predicted molar refractivity (Wildman–Crippen MR) is 55.7 cm³/mol. The minimum atomic E-state index is -0.797. The first-order valence-corrected chi connectivity index (χ1v) is 5.12. The maximum absolute atomic E-state index is 10.8. The van der Waals surface area contributed by atoms with Gasteiger partial charge in [-0.1, -0.05) is 6.07 Å². The van der Waals surface area contributed by atoms with Crippen LogP contribution in [0.1, 0.15) is 18.4 Å². The number of aliphatic carboxylic acids is 1. The van der Waals surface area contributed by atoms with Crippen LogP contribution < -0.4 is 0 Å². The van der Waals surface area contributed by atoms with Gasteiger partial charge in [0.1, 0.15) is 0 Å². The van der Waals surface area contributed by atoms with E-state index in [2.05, 4.69) is 4.98 Å². The largest absolute Gasteiger partial charge is 0.481 e. The van der Waals surface area contributed by atoms with Crippen LogP contribution in [0, 0.1) is 0 Å². The minimum absolute atomic E-state index is 0.457. The van der Waals surface area contributed by atoms with E-state index in [0.29, 0.717) is 0 Å². The second-order valence-corrected chi connectivity index (χ2v) is 4.03. The number of hydrogen-bond acceptors (Lipinski definition) is 3. The van der Waals surface area contributed by atoms with Gasteiger partial charge in [0, 0.05) is 0 Å². The van der Waals surface area contributed by atoms with Crippen molar-refractivity contribution in [2.75, 3.05) is 0 Å². The van der Waals surface area contributed by atoms with Crippen molar-refractivity contribution in [2.24, 2.45) is 0 Å². The number of rotatable bonds is 2. The van der Waals surface area contributed by atoms with Gasteiger partial charge in [-0.15, -0.1) is 11.3 Å². The Morgan fingerprint density at radius 3 is 3.07 bits per heavy atom. The molecule has 1 aromatic heterocycles. The summed E-state index contributed by atoms with van der Waals surface area (Å²) in [5.74, 6) is -1.25. The second-order valence-electron chi connectivity index (χ2n) is 3.14. The number of carboxylic acid groups (broad SMARTS) is 1. The number of nitrogens with zero attached hydrogens (tertiary/aromatic N) is 1. The van der Waals surface area contributed by atoms with E-state index >= 15 is 0 Å². The van der Waals surface area contributed by atoms with Gasteiger partial charge in [0.15, 0.2) is 0 Å². The fourth-order valence-corrected chi connectivity index (χ4v) is 2.01. The lowest BCUT2D eigenvalue weighted by molar-refractivity contribution is -0.138. The number of hydrogen-bond donors (Lipinski definition) is 1. The summed E-state index contributed by atoms with van der Waals surface area (Å²) in [6.45, 7) is 1.69. The lowest BCUT2D eigenvalue weighted by Crippen LogP contribution is -2.06. The van der Waals surface area contributed by atoms with Gasteiger partial charge < -0.3 is 5.11 Å². The van der Waals surface area contributed by atoms with Crippen molar-refractivity contribution in [3.05, 3.63) is 29.3 Å². The third kappa shape index (κ3) is 1.48. The molecule has 0 aliphatic rings. The molecule has 1 unspecified atom stereocenters. The zero-order valence-corrected chi connectivity index (χ0v) is 8.41. The Hall–Kier alpha value is -1.42. The summed E-state index contributed by atoms with van der Waals surface area (Å²) in [6.07, 6.45) is 0. The normalized spacial score (nSPS) is 12.9. The zero-order chi connectivity index (χ0) is 10.1. The monoisotopic (exact) mass is 207 g/mol. The Morgan fingerprint density at radius 2 is 2.36 bits per heavy atom. The molecule has 1 atom stereocenters. The van der Waals surface area contributed by atoms with Gasteiger partial charge in [0.25, 0.3) is 0 Å². The van der Waals surface area contributed by atoms with Crippen molar-refractivity contribution in [3.8, 4) is 0 Å². The van der Waals surface area contributed by atoms with Crippen molar-refractivity contribution in [3.63, 3.8) is 0 Å². The van der Waals surface area contributed by atoms with Gasteiger partial charge in [-0.05, 0) is 24.6 Å². The number of aromatic nitrogens is 1. The fourth-order valence-electron chi connectivity index (χ4n) is 1.28. The molecule has 72 valence electrons. The Balaban J connectivity index is 2.48. The summed E-state index contributed by atoms with van der Waals surface area (Å²) in [7, 11) is 0. The maximum Gasteiger partial charge on any atom is 0.310 e. The molecule has 0 radical (unpaired) electrons. The smallest absolute Gasteiger partial charge is 0.310 e. The van der Waals surface area contributed by atoms with Gasteiger partial charge in [-0.3, -0.25) is 4.79 Å². The van der Waals surface area contributed by atoms with Crippen molar-refractivity contribution >= 4 is 27.5 Å². The van der Waals surface area contributed by atoms with E-state index in [1.807, 2.05) is 18.2 Å². The average Bonchev–Trinajstić information content (AvgIpc) is 2.62. The van der Waals surface area contributed by atoms with Crippen molar-refractivity contribution < 1.29 is 9.90 Å². The van der Waals surface area contributed by atoms with Gasteiger partial charge in [0.2, 0.25) is 0 Å². The van der Waals surface area contributed by atoms with E-state index in [-0.39, 0.29) is 0 Å². The first kappa shape index (κ1) is 9.15. The van der Waals surface area contributed by atoms with Crippen molar-refractivity contribution in [2.45, 2.75) is 12.8 Å². The molecule has 0 aliphatic heterocycles. The van der Waals surface area contributed by atoms with Crippen LogP contribution in [0.15, 0.2) is 23.7 Å². The molecule has 4 heteroatoms. The molecule has 2 aromatic rings. The summed E-state index contributed by atoms with van der Waals surface area (Å²) >= 11 is 1.53. The molecule has 14 heavy (non-hydrogen) atoms. The van der Waals surface area contributed by atoms with E-state index < -0.39 is 11.9 Å². The lowest BCUT2D eigenvalue weighted by Gasteiger charge is -2.05. The molecular weight excluding hydrogens is 198 g/mol. The summed E-state index contributed by atoms with van der Waals surface area (Å²) in [5, 5.41) is 8.85. The summed E-state index contributed by atoms with van der Waals surface area (Å²) in [4.78, 5) is 14.9. The number of thiazole rings is 1. The third-order valence-corrected chi connectivity index (χ3v) is 3.02. The van der Waals surface area contributed by atoms with E-state index in [9.17, 15) is 4.79 Å². The summed E-state index contributed by atoms with van der Waals surface area (Å²) < 4.78 is 1.04. The van der Waals surface area contributed by atoms with Gasteiger partial charge in [0.05, 0.1) is 21.6 Å². The third-order valence-electron chi connectivity index (χ3n) is 2.23. The van der Waals surface area contributed by atoms with E-state index in [1.54, 1.807) is 12.4 Å². The summed E-state index contributed by atoms with van der Waals surface area (Å²) in [6, 6.07) is 5.58. The molecule has 1 aromatic carbocycles. The summed E-state index contributed by atoms with van der Waals surface area (Å²) in [5.41, 5.74) is 3.52. The average molecular weight is 207 g/mol. The van der Waals surface area contributed by atoms with E-state index in [1.165, 1.54) is 11.3 Å². The fraction of sp³-hybridized carbons (Fsp3) is 0.200. The molecule has 3 nitrogen and oxygen atoms in total. The molecule has 0 amide bonds. The highest BCUT2D eigenvalue weighted by Crippen LogP contribution is 2.23. The topological polar surface area (TPSA) is 50.2 Å². The van der Waals surface area contributed by atoms with Crippen LogP contribution in [0.5, 0.6) is 0 Å². The van der Waals surface area contributed by atoms with Crippen LogP contribution in [-0.2, 0) is 4.79 Å². The number of benzene rings is 1. The van der Waals surface area contributed by atoms with Crippen LogP contribution >= 0.6 is 11.3 Å². The van der Waals surface area contributed by atoms with Crippen molar-refractivity contribution in [1.29, 1.82) is 0 Å². The van der Waals surface area contributed by atoms with Crippen LogP contribution in [0.3, 0.4) is 0 Å². The molecule has 2 rings (SSSR count). The molecule has 0 spiro atoms. The molecule has 1 heterocycles. The molecule has 0 saturated heterocycles. The predicted octanol–water partition coefficient (Wildman–Crippen LogP) is 2.48. The van der Waals surface area contributed by atoms with Gasteiger partial charge in [-0.2, -0.15) is 0 Å². The first-order valence-electron chi connectivity index (χ1n) is 4.24. The molecular formula is C10H9NO2S. The Morgan fingerprint density at radius 1 is 1.57 bits per heavy atom. The van der Waals surface area contributed by atoms with E-state index in [0.717, 1.165) is 15.8 Å². The zero-order valence-electron chi connectivity index (χ0n) is 7.60. The molecule has 0 bridgehead atoms. The Kier molecular flexibility index (Phi) is 2.21. The number of fused-ring (bicyclic) bond motifs is 1. The number of carboxylic acids is 1. The maximum atomic E-state index is 10.8. The standard InChI is InChI=1S/C10H9NO2S/c1-6(10(12)13)7-2-3-8-9(4-7)14-5-11-8/h2-6H,1H3,(H,12,13). The molecule has 1 N–H and O–H groups in total. The highest BCUT2D eigenvalue weighted by atomic mass is 32.1. The minimum Gasteiger partial charge on any atom is -0.481 e. The Bertz CT molecular complexity index is 478. The highest BCUT2D eigenvalue weighted by molar-refractivity contribution is 7.16. The highest BCUT2D eigenvalue weighted by Gasteiger charge is 2.13. The van der Waals surface area contributed by atoms with Crippen LogP contribution in [-0.4, -0.2) is 16.1 Å². The van der Waals surface area contributed by atoms with Crippen LogP contribution in [0.25, 0.3) is 10.2 Å². The number of carbonyl (C=O) groups is 1. The first-order chi connectivity index (χ1) is 6.68. The van der Waals surface area contributed by atoms with Crippen LogP contribution in [0.4, 0.5) is 0 Å². The van der Waals surface area contributed by atoms with Crippen molar-refractivity contribution in [1.82, 2.24) is 4.98 Å². The van der Waals surface area contributed by atoms with Gasteiger partial charge in [-0.25, -0.2) is 4.98 Å². The molecule has 0 saturated carbocycles. The SMILES string of the molecule is CC(C(=O)O)c1ccc2ncsc2c1. The van der Waals surface area contributed by atoms with E-state index in [4.69, 9.17) is 5.11 Å². The van der Waals surface area contributed by atoms with Crippen LogP contribution in [0.2, 0.25) is 0 Å². The van der Waals surface area contributed by atoms with Gasteiger partial charge >= 0.3 is 5.97 Å². The lowest BCUT2D eigenvalue weighted by atomic mass is 10.0. The Labute approximate surface area is 85.0 Å². The molecule has 0 fully saturated rings. The quantitative estimate of drug-likeness (QED) is 0.823. The molecule has 0 aliphatic carbocycles. The second kappa shape index (κ2) is 3.38.